The molecule has 0 spiro atoms. The van der Waals surface area contributed by atoms with Gasteiger partial charge in [-0.1, -0.05) is 18.2 Å². The molecule has 1 amide bonds. The lowest BCUT2D eigenvalue weighted by Crippen LogP contribution is -2.34. The highest BCUT2D eigenvalue weighted by Gasteiger charge is 2.34. The fourth-order valence-electron chi connectivity index (χ4n) is 3.47. The number of hydrogen-bond donors (Lipinski definition) is 0. The van der Waals surface area contributed by atoms with Crippen LogP contribution in [0.25, 0.3) is 0 Å². The van der Waals surface area contributed by atoms with Gasteiger partial charge >= 0.3 is 0 Å². The van der Waals surface area contributed by atoms with E-state index >= 15 is 0 Å². The minimum Gasteiger partial charge on any atom is -0.349 e. The molecule has 3 aliphatic rings. The second-order valence-corrected chi connectivity index (χ2v) is 6.23. The zero-order valence-corrected chi connectivity index (χ0v) is 12.6. The first kappa shape index (κ1) is 14.8. The summed E-state index contributed by atoms with van der Waals surface area (Å²) in [5.74, 6) is 0.693. The Morgan fingerprint density at radius 1 is 1.00 bits per heavy atom. The van der Waals surface area contributed by atoms with Crippen LogP contribution in [0.5, 0.6) is 0 Å². The van der Waals surface area contributed by atoms with Gasteiger partial charge < -0.3 is 14.4 Å². The number of hydrogen-bond acceptors (Lipinski definition) is 3. The largest absolute Gasteiger partial charge is 0.349 e. The summed E-state index contributed by atoms with van der Waals surface area (Å²) in [6, 6.07) is 0. The number of rotatable bonds is 3. The summed E-state index contributed by atoms with van der Waals surface area (Å²) in [5.41, 5.74) is 0. The molecule has 0 bridgehead atoms. The number of likely N-dealkylation sites (tertiary alicyclic amines) is 1. The zero-order chi connectivity index (χ0) is 14.5. The van der Waals surface area contributed by atoms with Gasteiger partial charge in [0.05, 0.1) is 12.2 Å². The summed E-state index contributed by atoms with van der Waals surface area (Å²) in [7, 11) is 0. The van der Waals surface area contributed by atoms with Gasteiger partial charge in [-0.3, -0.25) is 4.79 Å². The van der Waals surface area contributed by atoms with Crippen molar-refractivity contribution in [1.82, 2.24) is 4.90 Å². The van der Waals surface area contributed by atoms with Crippen LogP contribution in [0, 0.1) is 5.92 Å². The average molecular weight is 291 g/mol. The van der Waals surface area contributed by atoms with Crippen LogP contribution in [0.15, 0.2) is 24.3 Å². The highest BCUT2D eigenvalue weighted by atomic mass is 16.7. The predicted molar refractivity (Wildman–Crippen MR) is 80.7 cm³/mol. The van der Waals surface area contributed by atoms with Gasteiger partial charge in [-0.05, 0) is 44.4 Å². The van der Waals surface area contributed by atoms with E-state index in [-0.39, 0.29) is 12.0 Å². The topological polar surface area (TPSA) is 38.8 Å². The van der Waals surface area contributed by atoms with Crippen molar-refractivity contribution in [3.05, 3.63) is 24.3 Å². The molecule has 116 valence electrons. The number of amides is 1. The molecule has 1 aliphatic carbocycles. The van der Waals surface area contributed by atoms with Gasteiger partial charge in [0.15, 0.2) is 0 Å². The van der Waals surface area contributed by atoms with E-state index in [1.54, 1.807) is 6.08 Å². The Labute approximate surface area is 126 Å². The lowest BCUT2D eigenvalue weighted by atomic mass is 9.85. The lowest BCUT2D eigenvalue weighted by Gasteiger charge is -2.27. The molecule has 4 heteroatoms. The molecule has 0 aromatic rings. The second-order valence-electron chi connectivity index (χ2n) is 6.23. The van der Waals surface area contributed by atoms with Crippen molar-refractivity contribution >= 4 is 5.91 Å². The minimum atomic E-state index is 0.149. The zero-order valence-electron chi connectivity index (χ0n) is 12.6. The van der Waals surface area contributed by atoms with Crippen LogP contribution in [0.2, 0.25) is 0 Å². The smallest absolute Gasteiger partial charge is 0.246 e. The van der Waals surface area contributed by atoms with Crippen molar-refractivity contribution in [1.29, 1.82) is 0 Å². The molecule has 3 atom stereocenters. The normalized spacial score (nSPS) is 33.7. The molecule has 1 saturated carbocycles. The first-order valence-electron chi connectivity index (χ1n) is 8.20. The van der Waals surface area contributed by atoms with Gasteiger partial charge in [-0.25, -0.2) is 0 Å². The summed E-state index contributed by atoms with van der Waals surface area (Å²) < 4.78 is 11.1. The molecule has 3 fully saturated rings. The number of piperidine rings is 1. The third kappa shape index (κ3) is 3.95. The standard InChI is InChI=1S/C17H25NO3/c19-17(18-10-4-1-5-11-18)7-3-2-6-14-8-9-15-16(12-14)21-13-20-15/h2-3,6-7,14-16H,1,4-5,8-13H2/b6-2+,7-3+. The quantitative estimate of drug-likeness (QED) is 0.593. The van der Waals surface area contributed by atoms with E-state index in [2.05, 4.69) is 6.08 Å². The molecule has 2 saturated heterocycles. The van der Waals surface area contributed by atoms with E-state index in [1.165, 1.54) is 6.42 Å². The van der Waals surface area contributed by atoms with Crippen LogP contribution in [-0.4, -0.2) is 42.9 Å². The number of fused-ring (bicyclic) bond motifs is 1. The third-order valence-electron chi connectivity index (χ3n) is 4.74. The van der Waals surface area contributed by atoms with E-state index < -0.39 is 0 Å². The van der Waals surface area contributed by atoms with Gasteiger partial charge in [0.25, 0.3) is 0 Å². The van der Waals surface area contributed by atoms with Crippen LogP contribution in [0.3, 0.4) is 0 Å². The van der Waals surface area contributed by atoms with Gasteiger partial charge in [0.1, 0.15) is 6.79 Å². The van der Waals surface area contributed by atoms with Crippen molar-refractivity contribution in [2.24, 2.45) is 5.92 Å². The summed E-state index contributed by atoms with van der Waals surface area (Å²) in [5, 5.41) is 0. The molecule has 0 radical (unpaired) electrons. The Kier molecular flexibility index (Phi) is 5.09. The van der Waals surface area contributed by atoms with E-state index in [4.69, 9.17) is 9.47 Å². The lowest BCUT2D eigenvalue weighted by molar-refractivity contribution is -0.126. The molecule has 0 aromatic carbocycles. The number of ether oxygens (including phenoxy) is 2. The third-order valence-corrected chi connectivity index (χ3v) is 4.74. The summed E-state index contributed by atoms with van der Waals surface area (Å²) in [4.78, 5) is 13.9. The molecule has 21 heavy (non-hydrogen) atoms. The predicted octanol–water partition coefficient (Wildman–Crippen LogP) is 2.65. The van der Waals surface area contributed by atoms with Crippen LogP contribution in [-0.2, 0) is 14.3 Å². The molecular weight excluding hydrogens is 266 g/mol. The summed E-state index contributed by atoms with van der Waals surface area (Å²) in [6.45, 7) is 2.28. The average Bonchev–Trinajstić information content (AvgIpc) is 3.00. The maximum absolute atomic E-state index is 12.0. The monoisotopic (exact) mass is 291 g/mol. The number of carbonyl (C=O) groups is 1. The summed E-state index contributed by atoms with van der Waals surface area (Å²) >= 11 is 0. The molecule has 3 rings (SSSR count). The van der Waals surface area contributed by atoms with Crippen LogP contribution >= 0.6 is 0 Å². The van der Waals surface area contributed by atoms with Crippen LogP contribution in [0.1, 0.15) is 38.5 Å². The Balaban J connectivity index is 1.43. The van der Waals surface area contributed by atoms with E-state index in [1.807, 2.05) is 17.1 Å². The highest BCUT2D eigenvalue weighted by Crippen LogP contribution is 2.32. The number of carbonyl (C=O) groups excluding carboxylic acids is 1. The first-order valence-corrected chi connectivity index (χ1v) is 8.20. The van der Waals surface area contributed by atoms with Gasteiger partial charge in [-0.15, -0.1) is 0 Å². The summed E-state index contributed by atoms with van der Waals surface area (Å²) in [6.07, 6.45) is 15.2. The Morgan fingerprint density at radius 3 is 2.67 bits per heavy atom. The highest BCUT2D eigenvalue weighted by molar-refractivity contribution is 5.87. The molecule has 2 aliphatic heterocycles. The molecule has 4 nitrogen and oxygen atoms in total. The van der Waals surface area contributed by atoms with Crippen molar-refractivity contribution in [2.75, 3.05) is 19.9 Å². The van der Waals surface area contributed by atoms with Crippen molar-refractivity contribution in [3.63, 3.8) is 0 Å². The molecular formula is C17H25NO3. The van der Waals surface area contributed by atoms with Crippen LogP contribution in [0.4, 0.5) is 0 Å². The Bertz CT molecular complexity index is 412. The molecule has 0 aromatic heterocycles. The number of nitrogens with zero attached hydrogens (tertiary/aromatic N) is 1. The van der Waals surface area contributed by atoms with E-state index in [0.29, 0.717) is 18.8 Å². The van der Waals surface area contributed by atoms with E-state index in [0.717, 1.165) is 45.2 Å². The fraction of sp³-hybridized carbons (Fsp3) is 0.706. The number of allylic oxidation sites excluding steroid dienone is 3. The van der Waals surface area contributed by atoms with Crippen molar-refractivity contribution in [3.8, 4) is 0 Å². The van der Waals surface area contributed by atoms with Crippen LogP contribution < -0.4 is 0 Å². The molecule has 2 heterocycles. The Hall–Kier alpha value is -1.13. The maximum Gasteiger partial charge on any atom is 0.246 e. The van der Waals surface area contributed by atoms with Gasteiger partial charge in [0, 0.05) is 19.2 Å². The van der Waals surface area contributed by atoms with Gasteiger partial charge in [0.2, 0.25) is 5.91 Å². The van der Waals surface area contributed by atoms with Crippen molar-refractivity contribution < 1.29 is 14.3 Å². The molecule has 0 N–H and O–H groups in total. The van der Waals surface area contributed by atoms with Gasteiger partial charge in [-0.2, -0.15) is 0 Å². The van der Waals surface area contributed by atoms with Crippen molar-refractivity contribution in [2.45, 2.75) is 50.7 Å². The minimum absolute atomic E-state index is 0.149. The second kappa shape index (κ2) is 7.23. The van der Waals surface area contributed by atoms with E-state index in [9.17, 15) is 4.79 Å². The molecule has 3 unspecified atom stereocenters. The SMILES string of the molecule is O=C(/C=C/C=C/C1CCC2OCOC2C1)N1CCCCC1. The maximum atomic E-state index is 12.0. The Morgan fingerprint density at radius 2 is 1.81 bits per heavy atom. The first-order chi connectivity index (χ1) is 10.3. The fourth-order valence-corrected chi connectivity index (χ4v) is 3.47.